The minimum Gasteiger partial charge on any atom is -0.496 e. The molecule has 5 heteroatoms. The van der Waals surface area contributed by atoms with E-state index in [1.54, 1.807) is 39.7 Å². The van der Waals surface area contributed by atoms with E-state index < -0.39 is 0 Å². The Balaban J connectivity index is 2.28. The molecule has 0 N–H and O–H groups in total. The summed E-state index contributed by atoms with van der Waals surface area (Å²) in [6, 6.07) is 9.13. The van der Waals surface area contributed by atoms with Crippen LogP contribution >= 0.6 is 0 Å². The van der Waals surface area contributed by atoms with Gasteiger partial charge in [-0.25, -0.2) is 0 Å². The molecule has 4 rings (SSSR count). The van der Waals surface area contributed by atoms with Gasteiger partial charge in [-0.05, 0) is 23.6 Å². The topological polar surface area (TPSA) is 57.6 Å². The molecule has 2 aromatic carbocycles. The molecule has 0 aliphatic heterocycles. The monoisotopic (exact) mass is 321 g/mol. The first kappa shape index (κ1) is 14.5. The predicted molar refractivity (Wildman–Crippen MR) is 90.3 cm³/mol. The maximum atomic E-state index is 12.9. The molecule has 0 saturated carbocycles. The number of ether oxygens (including phenoxy) is 3. The molecule has 0 fully saturated rings. The second-order valence-electron chi connectivity index (χ2n) is 5.46. The van der Waals surface area contributed by atoms with Crippen molar-refractivity contribution in [3.8, 4) is 28.4 Å². The van der Waals surface area contributed by atoms with Crippen molar-refractivity contribution in [3.05, 3.63) is 47.8 Å². The highest BCUT2D eigenvalue weighted by Crippen LogP contribution is 2.51. The minimum atomic E-state index is -0.116. The van der Waals surface area contributed by atoms with Crippen LogP contribution in [-0.2, 0) is 0 Å². The number of aromatic nitrogens is 1. The first-order chi connectivity index (χ1) is 11.7. The fraction of sp³-hybridized carbons (Fsp3) is 0.158. The highest BCUT2D eigenvalue weighted by atomic mass is 16.5. The number of carbonyl (C=O) groups excluding carboxylic acids is 1. The summed E-state index contributed by atoms with van der Waals surface area (Å²) < 4.78 is 16.6. The number of ketones is 1. The summed E-state index contributed by atoms with van der Waals surface area (Å²) >= 11 is 0. The quantitative estimate of drug-likeness (QED) is 0.578. The van der Waals surface area contributed by atoms with Crippen molar-refractivity contribution in [1.82, 2.24) is 4.98 Å². The smallest absolute Gasteiger partial charge is 0.212 e. The lowest BCUT2D eigenvalue weighted by Crippen LogP contribution is -2.13. The lowest BCUT2D eigenvalue weighted by atomic mass is 9.84. The van der Waals surface area contributed by atoms with Crippen LogP contribution in [0.1, 0.15) is 16.1 Å². The van der Waals surface area contributed by atoms with Gasteiger partial charge in [-0.3, -0.25) is 9.78 Å². The van der Waals surface area contributed by atoms with Crippen molar-refractivity contribution >= 4 is 16.6 Å². The molecule has 0 radical (unpaired) electrons. The third kappa shape index (κ3) is 1.75. The van der Waals surface area contributed by atoms with Crippen molar-refractivity contribution in [2.45, 2.75) is 0 Å². The number of methoxy groups -OCH3 is 3. The number of rotatable bonds is 3. The molecule has 1 aromatic heterocycles. The van der Waals surface area contributed by atoms with Gasteiger partial charge >= 0.3 is 0 Å². The van der Waals surface area contributed by atoms with Crippen LogP contribution in [0.4, 0.5) is 0 Å². The van der Waals surface area contributed by atoms with E-state index in [0.29, 0.717) is 34.1 Å². The number of hydrogen-bond donors (Lipinski definition) is 0. The summed E-state index contributed by atoms with van der Waals surface area (Å²) in [5, 5.41) is 1.63. The van der Waals surface area contributed by atoms with Gasteiger partial charge in [0, 0.05) is 28.3 Å². The molecule has 0 saturated heterocycles. The SMILES string of the molecule is COc1cc2ccnc3c2c(c1OC)-c1c(OC)cccc1C3=O. The number of carbonyl (C=O) groups is 1. The molecule has 0 unspecified atom stereocenters. The highest BCUT2D eigenvalue weighted by molar-refractivity contribution is 6.26. The molecule has 0 atom stereocenters. The maximum absolute atomic E-state index is 12.9. The number of fused-ring (bicyclic) bond motifs is 2. The van der Waals surface area contributed by atoms with Crippen molar-refractivity contribution < 1.29 is 19.0 Å². The van der Waals surface area contributed by atoms with Gasteiger partial charge < -0.3 is 14.2 Å². The Morgan fingerprint density at radius 1 is 0.917 bits per heavy atom. The van der Waals surface area contributed by atoms with Gasteiger partial charge in [-0.15, -0.1) is 0 Å². The van der Waals surface area contributed by atoms with Gasteiger partial charge in [0.15, 0.2) is 11.5 Å². The molecule has 3 aromatic rings. The van der Waals surface area contributed by atoms with Gasteiger partial charge in [0.25, 0.3) is 0 Å². The van der Waals surface area contributed by atoms with Crippen LogP contribution in [0.2, 0.25) is 0 Å². The first-order valence-corrected chi connectivity index (χ1v) is 7.47. The van der Waals surface area contributed by atoms with Crippen LogP contribution in [0.3, 0.4) is 0 Å². The lowest BCUT2D eigenvalue weighted by Gasteiger charge is -2.24. The normalized spacial score (nSPS) is 12.0. The number of pyridine rings is 1. The van der Waals surface area contributed by atoms with E-state index in [1.165, 1.54) is 0 Å². The van der Waals surface area contributed by atoms with Crippen molar-refractivity contribution in [2.75, 3.05) is 21.3 Å². The number of hydrogen-bond acceptors (Lipinski definition) is 5. The van der Waals surface area contributed by atoms with E-state index in [4.69, 9.17) is 14.2 Å². The van der Waals surface area contributed by atoms with Crippen LogP contribution in [0.25, 0.3) is 21.9 Å². The summed E-state index contributed by atoms with van der Waals surface area (Å²) in [7, 11) is 4.76. The fourth-order valence-corrected chi connectivity index (χ4v) is 3.34. The van der Waals surface area contributed by atoms with Crippen LogP contribution < -0.4 is 14.2 Å². The Labute approximate surface area is 138 Å². The largest absolute Gasteiger partial charge is 0.496 e. The molecular weight excluding hydrogens is 306 g/mol. The molecule has 5 nitrogen and oxygen atoms in total. The third-order valence-electron chi connectivity index (χ3n) is 4.35. The molecule has 0 bridgehead atoms. The van der Waals surface area contributed by atoms with Gasteiger partial charge in [-0.1, -0.05) is 12.1 Å². The molecule has 24 heavy (non-hydrogen) atoms. The van der Waals surface area contributed by atoms with E-state index >= 15 is 0 Å². The molecule has 120 valence electrons. The summed E-state index contributed by atoms with van der Waals surface area (Å²) in [6.45, 7) is 0. The Kier molecular flexibility index (Phi) is 3.16. The van der Waals surface area contributed by atoms with Gasteiger partial charge in [0.2, 0.25) is 5.78 Å². The predicted octanol–water partition coefficient (Wildman–Crippen LogP) is 3.47. The Morgan fingerprint density at radius 3 is 2.42 bits per heavy atom. The van der Waals surface area contributed by atoms with Gasteiger partial charge in [0.05, 0.1) is 21.3 Å². The molecule has 0 amide bonds. The van der Waals surface area contributed by atoms with Crippen molar-refractivity contribution in [1.29, 1.82) is 0 Å². The molecule has 0 spiro atoms. The second-order valence-corrected chi connectivity index (χ2v) is 5.46. The van der Waals surface area contributed by atoms with Crippen LogP contribution in [-0.4, -0.2) is 32.1 Å². The molecule has 1 heterocycles. The van der Waals surface area contributed by atoms with E-state index in [2.05, 4.69) is 4.98 Å². The van der Waals surface area contributed by atoms with Gasteiger partial charge in [0.1, 0.15) is 11.4 Å². The van der Waals surface area contributed by atoms with E-state index in [1.807, 2.05) is 18.2 Å². The molecular formula is C19H15NO4. The minimum absolute atomic E-state index is 0.116. The maximum Gasteiger partial charge on any atom is 0.212 e. The zero-order valence-electron chi connectivity index (χ0n) is 13.5. The number of nitrogens with zero attached hydrogens (tertiary/aromatic N) is 1. The first-order valence-electron chi connectivity index (χ1n) is 7.47. The Bertz CT molecular complexity index is 994. The summed E-state index contributed by atoms with van der Waals surface area (Å²) in [4.78, 5) is 17.2. The highest BCUT2D eigenvalue weighted by Gasteiger charge is 2.32. The summed E-state index contributed by atoms with van der Waals surface area (Å²) in [6.07, 6.45) is 1.64. The number of benzene rings is 2. The summed E-state index contributed by atoms with van der Waals surface area (Å²) in [5.74, 6) is 1.67. The van der Waals surface area contributed by atoms with E-state index in [9.17, 15) is 4.79 Å². The molecule has 1 aliphatic rings. The average molecular weight is 321 g/mol. The van der Waals surface area contributed by atoms with Crippen LogP contribution in [0, 0.1) is 0 Å². The van der Waals surface area contributed by atoms with Crippen molar-refractivity contribution in [2.24, 2.45) is 0 Å². The van der Waals surface area contributed by atoms with Crippen LogP contribution in [0.5, 0.6) is 17.2 Å². The lowest BCUT2D eigenvalue weighted by molar-refractivity contribution is 0.103. The Hall–Kier alpha value is -3.08. The molecule has 1 aliphatic carbocycles. The third-order valence-corrected chi connectivity index (χ3v) is 4.35. The zero-order valence-corrected chi connectivity index (χ0v) is 13.5. The van der Waals surface area contributed by atoms with Crippen LogP contribution in [0.15, 0.2) is 36.5 Å². The van der Waals surface area contributed by atoms with Crippen molar-refractivity contribution in [3.63, 3.8) is 0 Å². The van der Waals surface area contributed by atoms with E-state index in [-0.39, 0.29) is 5.78 Å². The summed E-state index contributed by atoms with van der Waals surface area (Å²) in [5.41, 5.74) is 2.46. The van der Waals surface area contributed by atoms with Gasteiger partial charge in [-0.2, -0.15) is 0 Å². The fourth-order valence-electron chi connectivity index (χ4n) is 3.34. The average Bonchev–Trinajstić information content (AvgIpc) is 2.64. The second kappa shape index (κ2) is 5.23. The standard InChI is InChI=1S/C19H15NO4/c1-22-12-6-4-5-11-15(12)16-14-10(7-8-20-17(14)18(11)21)9-13(23-2)19(16)24-3/h4-9H,1-3H3. The Morgan fingerprint density at radius 2 is 1.71 bits per heavy atom. The zero-order chi connectivity index (χ0) is 16.8. The van der Waals surface area contributed by atoms with E-state index in [0.717, 1.165) is 16.3 Å².